The highest BCUT2D eigenvalue weighted by Crippen LogP contribution is 2.23. The van der Waals surface area contributed by atoms with Crippen molar-refractivity contribution >= 4 is 11.7 Å². The van der Waals surface area contributed by atoms with Crippen molar-refractivity contribution in [2.45, 2.75) is 19.3 Å². The molecule has 1 aliphatic heterocycles. The van der Waals surface area contributed by atoms with Gasteiger partial charge < -0.3 is 14.8 Å². The number of fused-ring (bicyclic) bond motifs is 1. The monoisotopic (exact) mass is 249 g/mol. The van der Waals surface area contributed by atoms with Crippen molar-refractivity contribution in [3.8, 4) is 0 Å². The van der Waals surface area contributed by atoms with Crippen molar-refractivity contribution in [1.82, 2.24) is 0 Å². The van der Waals surface area contributed by atoms with Gasteiger partial charge >= 0.3 is 5.97 Å². The summed E-state index contributed by atoms with van der Waals surface area (Å²) in [7, 11) is 1.64. The molecule has 0 amide bonds. The fourth-order valence-corrected chi connectivity index (χ4v) is 2.05. The Labute approximate surface area is 107 Å². The van der Waals surface area contributed by atoms with Crippen molar-refractivity contribution in [2.75, 3.05) is 32.2 Å². The highest BCUT2D eigenvalue weighted by molar-refractivity contribution is 5.90. The maximum Gasteiger partial charge on any atom is 0.338 e. The number of methoxy groups -OCH3 is 1. The van der Waals surface area contributed by atoms with Gasteiger partial charge in [-0.05, 0) is 36.6 Å². The molecule has 0 aliphatic carbocycles. The molecule has 0 saturated heterocycles. The van der Waals surface area contributed by atoms with E-state index in [0.29, 0.717) is 18.8 Å². The third-order valence-electron chi connectivity index (χ3n) is 3.01. The first kappa shape index (κ1) is 12.9. The molecule has 0 bridgehead atoms. The van der Waals surface area contributed by atoms with E-state index in [9.17, 15) is 4.79 Å². The van der Waals surface area contributed by atoms with Crippen LogP contribution in [0.25, 0.3) is 0 Å². The van der Waals surface area contributed by atoms with Gasteiger partial charge in [0.1, 0.15) is 0 Å². The maximum atomic E-state index is 11.8. The second-order valence-electron chi connectivity index (χ2n) is 4.38. The summed E-state index contributed by atoms with van der Waals surface area (Å²) in [6.45, 7) is 2.03. The Morgan fingerprint density at radius 1 is 1.39 bits per heavy atom. The Balaban J connectivity index is 1.94. The number of aryl methyl sites for hydroxylation is 1. The molecule has 0 spiro atoms. The second-order valence-corrected chi connectivity index (χ2v) is 4.38. The van der Waals surface area contributed by atoms with Gasteiger partial charge in [0.25, 0.3) is 0 Å². The summed E-state index contributed by atoms with van der Waals surface area (Å²) in [6.07, 6.45) is 2.86. The van der Waals surface area contributed by atoms with Crippen LogP contribution in [0, 0.1) is 0 Å². The minimum atomic E-state index is -0.250. The number of anilines is 1. The summed E-state index contributed by atoms with van der Waals surface area (Å²) in [6, 6.07) is 5.70. The quantitative estimate of drug-likeness (QED) is 0.642. The molecule has 18 heavy (non-hydrogen) atoms. The van der Waals surface area contributed by atoms with Crippen LogP contribution >= 0.6 is 0 Å². The molecule has 4 nitrogen and oxygen atoms in total. The molecule has 98 valence electrons. The number of esters is 1. The number of rotatable bonds is 5. The third-order valence-corrected chi connectivity index (χ3v) is 3.01. The largest absolute Gasteiger partial charge is 0.462 e. The lowest BCUT2D eigenvalue weighted by molar-refractivity contribution is 0.0468. The van der Waals surface area contributed by atoms with Crippen molar-refractivity contribution in [2.24, 2.45) is 0 Å². The topological polar surface area (TPSA) is 47.6 Å². The van der Waals surface area contributed by atoms with Crippen molar-refractivity contribution in [1.29, 1.82) is 0 Å². The van der Waals surface area contributed by atoms with Crippen molar-refractivity contribution in [3.05, 3.63) is 29.3 Å². The van der Waals surface area contributed by atoms with Crippen LogP contribution in [-0.4, -0.2) is 32.8 Å². The fraction of sp³-hybridized carbons (Fsp3) is 0.500. The van der Waals surface area contributed by atoms with Crippen LogP contribution in [0.15, 0.2) is 18.2 Å². The number of nitrogens with one attached hydrogen (secondary N) is 1. The Morgan fingerprint density at radius 2 is 2.28 bits per heavy atom. The van der Waals surface area contributed by atoms with Gasteiger partial charge in [0.05, 0.1) is 12.2 Å². The molecule has 1 aromatic rings. The molecule has 1 aliphatic rings. The molecule has 1 N–H and O–H groups in total. The zero-order chi connectivity index (χ0) is 12.8. The van der Waals surface area contributed by atoms with E-state index in [1.807, 2.05) is 18.2 Å². The van der Waals surface area contributed by atoms with Gasteiger partial charge in [-0.15, -0.1) is 0 Å². The molecule has 1 aromatic carbocycles. The molecule has 1 heterocycles. The standard InChI is InChI=1S/C14H19NO3/c1-17-8-3-9-18-14(16)12-5-6-13-11(10-12)4-2-7-15-13/h5-6,10,15H,2-4,7-9H2,1H3. The van der Waals surface area contributed by atoms with Crippen LogP contribution < -0.4 is 5.32 Å². The lowest BCUT2D eigenvalue weighted by atomic mass is 10.0. The van der Waals surface area contributed by atoms with Crippen LogP contribution in [0.1, 0.15) is 28.8 Å². The summed E-state index contributed by atoms with van der Waals surface area (Å²) in [5.41, 5.74) is 2.97. The van der Waals surface area contributed by atoms with E-state index in [-0.39, 0.29) is 5.97 Å². The number of benzene rings is 1. The van der Waals surface area contributed by atoms with Crippen LogP contribution in [0.4, 0.5) is 5.69 Å². The number of hydrogen-bond acceptors (Lipinski definition) is 4. The Morgan fingerprint density at radius 3 is 3.11 bits per heavy atom. The van der Waals surface area contributed by atoms with Gasteiger partial charge in [-0.1, -0.05) is 0 Å². The summed E-state index contributed by atoms with van der Waals surface area (Å²) in [4.78, 5) is 11.8. The Hall–Kier alpha value is -1.55. The van der Waals surface area contributed by atoms with Crippen LogP contribution in [0.2, 0.25) is 0 Å². The number of ether oxygens (including phenoxy) is 2. The Bertz CT molecular complexity index is 418. The summed E-state index contributed by atoms with van der Waals surface area (Å²) in [5.74, 6) is -0.250. The summed E-state index contributed by atoms with van der Waals surface area (Å²) < 4.78 is 10.1. The van der Waals surface area contributed by atoms with Crippen LogP contribution in [0.5, 0.6) is 0 Å². The van der Waals surface area contributed by atoms with Crippen molar-refractivity contribution in [3.63, 3.8) is 0 Å². The van der Waals surface area contributed by atoms with E-state index in [2.05, 4.69) is 5.32 Å². The highest BCUT2D eigenvalue weighted by Gasteiger charge is 2.13. The zero-order valence-corrected chi connectivity index (χ0v) is 10.7. The number of hydrogen-bond donors (Lipinski definition) is 1. The second kappa shape index (κ2) is 6.40. The van der Waals surface area contributed by atoms with E-state index in [1.165, 1.54) is 5.56 Å². The number of carbonyl (C=O) groups excluding carboxylic acids is 1. The van der Waals surface area contributed by atoms with Crippen LogP contribution in [-0.2, 0) is 15.9 Å². The molecule has 0 atom stereocenters. The molecule has 0 aromatic heterocycles. The average Bonchev–Trinajstić information content (AvgIpc) is 2.43. The third kappa shape index (κ3) is 3.23. The first-order valence-electron chi connectivity index (χ1n) is 6.34. The molecule has 0 unspecified atom stereocenters. The maximum absolute atomic E-state index is 11.8. The number of carbonyl (C=O) groups is 1. The lowest BCUT2D eigenvalue weighted by Crippen LogP contribution is -2.13. The normalized spacial score (nSPS) is 13.6. The van der Waals surface area contributed by atoms with E-state index < -0.39 is 0 Å². The molecular formula is C14H19NO3. The fourth-order valence-electron chi connectivity index (χ4n) is 2.05. The van der Waals surface area contributed by atoms with Gasteiger partial charge in [0.2, 0.25) is 0 Å². The van der Waals surface area contributed by atoms with E-state index in [1.54, 1.807) is 7.11 Å². The van der Waals surface area contributed by atoms with Gasteiger partial charge in [0, 0.05) is 32.4 Å². The molecule has 4 heteroatoms. The predicted octanol–water partition coefficient (Wildman–Crippen LogP) is 2.24. The van der Waals surface area contributed by atoms with Crippen molar-refractivity contribution < 1.29 is 14.3 Å². The van der Waals surface area contributed by atoms with Gasteiger partial charge in [-0.25, -0.2) is 4.79 Å². The van der Waals surface area contributed by atoms with Gasteiger partial charge in [-0.3, -0.25) is 0 Å². The SMILES string of the molecule is COCCCOC(=O)c1ccc2c(c1)CCCN2. The summed E-state index contributed by atoms with van der Waals surface area (Å²) >= 11 is 0. The van der Waals surface area contributed by atoms with E-state index in [0.717, 1.165) is 31.5 Å². The predicted molar refractivity (Wildman–Crippen MR) is 70.0 cm³/mol. The molecule has 0 radical (unpaired) electrons. The van der Waals surface area contributed by atoms with Gasteiger partial charge in [0.15, 0.2) is 0 Å². The first-order chi connectivity index (χ1) is 8.81. The van der Waals surface area contributed by atoms with E-state index in [4.69, 9.17) is 9.47 Å². The minimum Gasteiger partial charge on any atom is -0.462 e. The van der Waals surface area contributed by atoms with E-state index >= 15 is 0 Å². The minimum absolute atomic E-state index is 0.250. The average molecular weight is 249 g/mol. The smallest absolute Gasteiger partial charge is 0.338 e. The Kier molecular flexibility index (Phi) is 4.59. The molecule has 0 saturated carbocycles. The van der Waals surface area contributed by atoms with Gasteiger partial charge in [-0.2, -0.15) is 0 Å². The molecular weight excluding hydrogens is 230 g/mol. The first-order valence-corrected chi connectivity index (χ1v) is 6.34. The lowest BCUT2D eigenvalue weighted by Gasteiger charge is -2.18. The highest BCUT2D eigenvalue weighted by atomic mass is 16.5. The molecule has 0 fully saturated rings. The molecule has 2 rings (SSSR count). The zero-order valence-electron chi connectivity index (χ0n) is 10.7. The van der Waals surface area contributed by atoms with Crippen LogP contribution in [0.3, 0.4) is 0 Å². The summed E-state index contributed by atoms with van der Waals surface area (Å²) in [5, 5.41) is 3.32.